The van der Waals surface area contributed by atoms with E-state index in [0.717, 1.165) is 5.56 Å². The fraction of sp³-hybridized carbons (Fsp3) is 0.412. The number of carbonyl (C=O) groups excluding carboxylic acids is 2. The van der Waals surface area contributed by atoms with Crippen molar-refractivity contribution < 1.29 is 14.3 Å². The minimum absolute atomic E-state index is 0.0688. The zero-order valence-corrected chi connectivity index (χ0v) is 12.8. The summed E-state index contributed by atoms with van der Waals surface area (Å²) < 4.78 is 5.62. The van der Waals surface area contributed by atoms with E-state index >= 15 is 0 Å². The van der Waals surface area contributed by atoms with Crippen molar-refractivity contribution in [3.05, 3.63) is 41.7 Å². The van der Waals surface area contributed by atoms with Crippen LogP contribution in [-0.4, -0.2) is 29.9 Å². The highest BCUT2D eigenvalue weighted by molar-refractivity contribution is 6.20. The maximum Gasteiger partial charge on any atom is 0.260 e. The zero-order valence-electron chi connectivity index (χ0n) is 12.8. The SMILES string of the molecule is CCC(=O)C(C)CN1COC(C)=C(c2ccccc2)C1=O. The molecule has 1 aliphatic rings. The Labute approximate surface area is 125 Å². The Balaban J connectivity index is 2.20. The summed E-state index contributed by atoms with van der Waals surface area (Å²) in [5.74, 6) is 0.561. The third-order valence-corrected chi connectivity index (χ3v) is 3.74. The molecule has 0 bridgehead atoms. The molecule has 1 atom stereocenters. The van der Waals surface area contributed by atoms with Crippen molar-refractivity contribution in [2.24, 2.45) is 5.92 Å². The van der Waals surface area contributed by atoms with Gasteiger partial charge in [0.25, 0.3) is 5.91 Å². The van der Waals surface area contributed by atoms with Gasteiger partial charge >= 0.3 is 0 Å². The lowest BCUT2D eigenvalue weighted by molar-refractivity contribution is -0.133. The topological polar surface area (TPSA) is 46.6 Å². The molecule has 0 radical (unpaired) electrons. The van der Waals surface area contributed by atoms with Crippen LogP contribution in [-0.2, 0) is 14.3 Å². The number of rotatable bonds is 5. The number of nitrogens with zero attached hydrogens (tertiary/aromatic N) is 1. The quantitative estimate of drug-likeness (QED) is 0.836. The molecule has 0 N–H and O–H groups in total. The predicted octanol–water partition coefficient (Wildman–Crippen LogP) is 2.85. The number of Topliss-reactive ketones (excluding diaryl/α,β-unsaturated/α-hetero) is 1. The third-order valence-electron chi connectivity index (χ3n) is 3.74. The summed E-state index contributed by atoms with van der Waals surface area (Å²) in [5.41, 5.74) is 1.43. The van der Waals surface area contributed by atoms with Crippen LogP contribution in [0.1, 0.15) is 32.8 Å². The summed E-state index contributed by atoms with van der Waals surface area (Å²) in [6.07, 6.45) is 0.491. The minimum Gasteiger partial charge on any atom is -0.477 e. The first-order valence-electron chi connectivity index (χ1n) is 7.25. The van der Waals surface area contributed by atoms with Crippen LogP contribution in [0.2, 0.25) is 0 Å². The Morgan fingerprint density at radius 3 is 2.62 bits per heavy atom. The van der Waals surface area contributed by atoms with Crippen molar-refractivity contribution in [2.75, 3.05) is 13.3 Å². The van der Waals surface area contributed by atoms with E-state index in [-0.39, 0.29) is 24.3 Å². The molecule has 1 amide bonds. The summed E-state index contributed by atoms with van der Waals surface area (Å²) in [6.45, 7) is 6.11. The van der Waals surface area contributed by atoms with E-state index in [1.54, 1.807) is 11.8 Å². The number of ether oxygens (including phenoxy) is 1. The lowest BCUT2D eigenvalue weighted by atomic mass is 10.0. The van der Waals surface area contributed by atoms with E-state index in [9.17, 15) is 9.59 Å². The summed E-state index contributed by atoms with van der Waals surface area (Å²) in [7, 11) is 0. The number of hydrogen-bond donors (Lipinski definition) is 0. The molecule has 1 aliphatic heterocycles. The van der Waals surface area contributed by atoms with Crippen LogP contribution in [0.15, 0.2) is 36.1 Å². The number of hydrogen-bond acceptors (Lipinski definition) is 3. The molecule has 0 aromatic heterocycles. The van der Waals surface area contributed by atoms with Crippen LogP contribution in [0.5, 0.6) is 0 Å². The fourth-order valence-electron chi connectivity index (χ4n) is 2.46. The second-order valence-corrected chi connectivity index (χ2v) is 5.32. The molecule has 1 unspecified atom stereocenters. The predicted molar refractivity (Wildman–Crippen MR) is 81.2 cm³/mol. The van der Waals surface area contributed by atoms with Crippen molar-refractivity contribution in [1.29, 1.82) is 0 Å². The van der Waals surface area contributed by atoms with E-state index in [1.165, 1.54) is 0 Å². The first-order chi connectivity index (χ1) is 10.0. The standard InChI is InChI=1S/C17H21NO3/c1-4-15(19)12(2)10-18-11-21-13(3)16(17(18)20)14-8-6-5-7-9-14/h5-9,12H,4,10-11H2,1-3H3. The molecule has 1 aromatic rings. The molecule has 0 fully saturated rings. The van der Waals surface area contributed by atoms with Crippen molar-refractivity contribution in [2.45, 2.75) is 27.2 Å². The summed E-state index contributed by atoms with van der Waals surface area (Å²) >= 11 is 0. The summed E-state index contributed by atoms with van der Waals surface area (Å²) in [4.78, 5) is 26.0. The number of benzene rings is 1. The number of allylic oxidation sites excluding steroid dienone is 1. The van der Waals surface area contributed by atoms with Gasteiger partial charge < -0.3 is 9.64 Å². The van der Waals surface area contributed by atoms with Gasteiger partial charge in [0.2, 0.25) is 0 Å². The molecule has 0 spiro atoms. The van der Waals surface area contributed by atoms with E-state index in [1.807, 2.05) is 44.2 Å². The van der Waals surface area contributed by atoms with E-state index in [4.69, 9.17) is 4.74 Å². The van der Waals surface area contributed by atoms with Gasteiger partial charge in [0.05, 0.1) is 5.57 Å². The smallest absolute Gasteiger partial charge is 0.260 e. The van der Waals surface area contributed by atoms with Crippen LogP contribution in [0, 0.1) is 5.92 Å². The average molecular weight is 287 g/mol. The largest absolute Gasteiger partial charge is 0.477 e. The van der Waals surface area contributed by atoms with Gasteiger partial charge in [-0.05, 0) is 12.5 Å². The Morgan fingerprint density at radius 2 is 2.00 bits per heavy atom. The average Bonchev–Trinajstić information content (AvgIpc) is 2.50. The fourth-order valence-corrected chi connectivity index (χ4v) is 2.46. The lowest BCUT2D eigenvalue weighted by Crippen LogP contribution is -2.41. The number of amides is 1. The van der Waals surface area contributed by atoms with Gasteiger partial charge in [-0.15, -0.1) is 0 Å². The van der Waals surface area contributed by atoms with Crippen LogP contribution < -0.4 is 0 Å². The van der Waals surface area contributed by atoms with Gasteiger partial charge in [-0.3, -0.25) is 9.59 Å². The molecular formula is C17H21NO3. The van der Waals surface area contributed by atoms with Crippen molar-refractivity contribution >= 4 is 17.3 Å². The first-order valence-corrected chi connectivity index (χ1v) is 7.25. The zero-order chi connectivity index (χ0) is 15.4. The minimum atomic E-state index is -0.169. The molecule has 112 valence electrons. The highest BCUT2D eigenvalue weighted by Crippen LogP contribution is 2.26. The maximum atomic E-state index is 12.7. The van der Waals surface area contributed by atoms with Crippen LogP contribution in [0.3, 0.4) is 0 Å². The molecule has 0 aliphatic carbocycles. The molecule has 0 saturated carbocycles. The second-order valence-electron chi connectivity index (χ2n) is 5.32. The molecule has 1 aromatic carbocycles. The van der Waals surface area contributed by atoms with E-state index < -0.39 is 0 Å². The lowest BCUT2D eigenvalue weighted by Gasteiger charge is -2.31. The van der Waals surface area contributed by atoms with Crippen molar-refractivity contribution in [1.82, 2.24) is 4.90 Å². The maximum absolute atomic E-state index is 12.7. The highest BCUT2D eigenvalue weighted by atomic mass is 16.5. The number of ketones is 1. The van der Waals surface area contributed by atoms with Crippen LogP contribution in [0.4, 0.5) is 0 Å². The molecule has 1 heterocycles. The molecule has 21 heavy (non-hydrogen) atoms. The van der Waals surface area contributed by atoms with Crippen LogP contribution >= 0.6 is 0 Å². The first kappa shape index (κ1) is 15.3. The monoisotopic (exact) mass is 287 g/mol. The molecule has 4 nitrogen and oxygen atoms in total. The molecule has 2 rings (SSSR count). The van der Waals surface area contributed by atoms with Gasteiger partial charge in [0.1, 0.15) is 11.5 Å². The van der Waals surface area contributed by atoms with E-state index in [0.29, 0.717) is 24.3 Å². The van der Waals surface area contributed by atoms with E-state index in [2.05, 4.69) is 0 Å². The van der Waals surface area contributed by atoms with Gasteiger partial charge in [0, 0.05) is 18.9 Å². The Morgan fingerprint density at radius 1 is 1.33 bits per heavy atom. The van der Waals surface area contributed by atoms with Gasteiger partial charge in [-0.25, -0.2) is 0 Å². The third kappa shape index (κ3) is 3.32. The molecule has 4 heteroatoms. The van der Waals surface area contributed by atoms with Gasteiger partial charge in [-0.1, -0.05) is 44.2 Å². The summed E-state index contributed by atoms with van der Waals surface area (Å²) in [6, 6.07) is 9.48. The van der Waals surface area contributed by atoms with Crippen molar-refractivity contribution in [3.63, 3.8) is 0 Å². The highest BCUT2D eigenvalue weighted by Gasteiger charge is 2.29. The molecule has 0 saturated heterocycles. The summed E-state index contributed by atoms with van der Waals surface area (Å²) in [5, 5.41) is 0. The Bertz CT molecular complexity index is 563. The van der Waals surface area contributed by atoms with Gasteiger partial charge in [0.15, 0.2) is 6.73 Å². The van der Waals surface area contributed by atoms with Crippen molar-refractivity contribution in [3.8, 4) is 0 Å². The number of carbonyl (C=O) groups is 2. The van der Waals surface area contributed by atoms with Crippen LogP contribution in [0.25, 0.3) is 5.57 Å². The Hall–Kier alpha value is -2.10. The molecular weight excluding hydrogens is 266 g/mol. The Kier molecular flexibility index (Phi) is 4.78. The normalized spacial score (nSPS) is 16.7. The second kappa shape index (κ2) is 6.57. The van der Waals surface area contributed by atoms with Gasteiger partial charge in [-0.2, -0.15) is 0 Å².